The molecule has 4 heteroatoms. The normalized spacial score (nSPS) is 12.9. The number of hydrogen-bond donors (Lipinski definition) is 1. The molecule has 0 amide bonds. The van der Waals surface area contributed by atoms with Crippen LogP contribution in [0.1, 0.15) is 23.5 Å². The molecule has 0 saturated carbocycles. The largest absolute Gasteiger partial charge is 0.333 e. The van der Waals surface area contributed by atoms with Crippen molar-refractivity contribution >= 4 is 11.3 Å². The number of nitrogens with zero attached hydrogens (tertiary/aromatic N) is 2. The van der Waals surface area contributed by atoms with Gasteiger partial charge in [-0.25, -0.2) is 4.98 Å². The lowest BCUT2D eigenvalue weighted by Crippen LogP contribution is -2.12. The zero-order valence-electron chi connectivity index (χ0n) is 8.76. The molecule has 0 bridgehead atoms. The van der Waals surface area contributed by atoms with Crippen molar-refractivity contribution in [2.45, 2.75) is 25.9 Å². The molecule has 0 aromatic carbocycles. The molecule has 80 valence electrons. The van der Waals surface area contributed by atoms with Gasteiger partial charge in [0.15, 0.2) is 0 Å². The lowest BCUT2D eigenvalue weighted by Gasteiger charge is -2.09. The van der Waals surface area contributed by atoms with Gasteiger partial charge < -0.3 is 10.3 Å². The fourth-order valence-corrected chi connectivity index (χ4v) is 2.28. The van der Waals surface area contributed by atoms with E-state index in [0.717, 1.165) is 18.7 Å². The number of imidazole rings is 1. The first-order chi connectivity index (χ1) is 7.27. The van der Waals surface area contributed by atoms with Gasteiger partial charge in [0.1, 0.15) is 0 Å². The minimum atomic E-state index is 0.0517. The Labute approximate surface area is 93.6 Å². The Kier molecular flexibility index (Phi) is 3.18. The minimum Gasteiger partial charge on any atom is -0.333 e. The first-order valence-electron chi connectivity index (χ1n) is 5.05. The van der Waals surface area contributed by atoms with Gasteiger partial charge in [0.25, 0.3) is 0 Å². The number of aryl methyl sites for hydroxylation is 2. The molecule has 0 aliphatic heterocycles. The Hall–Kier alpha value is -1.13. The molecule has 2 aromatic heterocycles. The fourth-order valence-electron chi connectivity index (χ4n) is 1.58. The Bertz CT molecular complexity index is 403. The number of nitrogens with two attached hydrogens (primary N) is 1. The van der Waals surface area contributed by atoms with Crippen LogP contribution in [0.5, 0.6) is 0 Å². The predicted octanol–water partition coefficient (Wildman–Crippen LogP) is 2.21. The van der Waals surface area contributed by atoms with Gasteiger partial charge in [-0.2, -0.15) is 0 Å². The third-order valence-electron chi connectivity index (χ3n) is 2.39. The maximum absolute atomic E-state index is 5.85. The fraction of sp³-hybridized carbons (Fsp3) is 0.364. The molecule has 0 spiro atoms. The summed E-state index contributed by atoms with van der Waals surface area (Å²) < 4.78 is 2.13. The molecule has 2 N–H and O–H groups in total. The summed E-state index contributed by atoms with van der Waals surface area (Å²) in [5, 5.41) is 2.11. The van der Waals surface area contributed by atoms with Crippen molar-refractivity contribution < 1.29 is 0 Å². The van der Waals surface area contributed by atoms with Crippen LogP contribution in [0.4, 0.5) is 0 Å². The van der Waals surface area contributed by atoms with Gasteiger partial charge in [0.2, 0.25) is 0 Å². The average Bonchev–Trinajstić information content (AvgIpc) is 2.86. The highest BCUT2D eigenvalue weighted by atomic mass is 32.1. The van der Waals surface area contributed by atoms with E-state index in [-0.39, 0.29) is 6.04 Å². The van der Waals surface area contributed by atoms with Crippen LogP contribution in [0.2, 0.25) is 0 Å². The molecule has 0 fully saturated rings. The summed E-state index contributed by atoms with van der Waals surface area (Å²) in [6.45, 7) is 2.94. The summed E-state index contributed by atoms with van der Waals surface area (Å²) >= 11 is 1.79. The summed E-state index contributed by atoms with van der Waals surface area (Å²) in [5.41, 5.74) is 6.95. The summed E-state index contributed by atoms with van der Waals surface area (Å²) in [5.74, 6) is 0. The van der Waals surface area contributed by atoms with Crippen LogP contribution < -0.4 is 5.73 Å². The molecule has 0 radical (unpaired) electrons. The third kappa shape index (κ3) is 2.46. The van der Waals surface area contributed by atoms with Gasteiger partial charge in [-0.15, -0.1) is 11.3 Å². The Morgan fingerprint density at radius 2 is 2.47 bits per heavy atom. The van der Waals surface area contributed by atoms with E-state index in [9.17, 15) is 0 Å². The topological polar surface area (TPSA) is 43.8 Å². The van der Waals surface area contributed by atoms with Crippen molar-refractivity contribution in [3.8, 4) is 0 Å². The van der Waals surface area contributed by atoms with Gasteiger partial charge in [-0.05, 0) is 24.8 Å². The van der Waals surface area contributed by atoms with Crippen molar-refractivity contribution in [3.63, 3.8) is 0 Å². The van der Waals surface area contributed by atoms with E-state index in [1.54, 1.807) is 11.3 Å². The van der Waals surface area contributed by atoms with Crippen LogP contribution >= 0.6 is 11.3 Å². The minimum absolute atomic E-state index is 0.0517. The number of rotatable bonds is 4. The molecule has 3 nitrogen and oxygen atoms in total. The molecule has 1 atom stereocenters. The standard InChI is InChI=1S/C11H15N3S/c1-9(12)11-7-13-8-14(11)5-4-10-3-2-6-15-10/h2-3,6-9H,4-5,12H2,1H3/t9-/m1/s1. The molecular formula is C11H15N3S. The van der Waals surface area contributed by atoms with Crippen molar-refractivity contribution in [1.82, 2.24) is 9.55 Å². The number of aromatic nitrogens is 2. The van der Waals surface area contributed by atoms with Crippen molar-refractivity contribution in [3.05, 3.63) is 40.6 Å². The Balaban J connectivity index is 2.02. The quantitative estimate of drug-likeness (QED) is 0.860. The molecule has 0 unspecified atom stereocenters. The van der Waals surface area contributed by atoms with E-state index < -0.39 is 0 Å². The predicted molar refractivity (Wildman–Crippen MR) is 62.9 cm³/mol. The monoisotopic (exact) mass is 221 g/mol. The number of thiophene rings is 1. The first-order valence-corrected chi connectivity index (χ1v) is 5.93. The molecule has 0 aliphatic rings. The van der Waals surface area contributed by atoms with Crippen LogP contribution in [0, 0.1) is 0 Å². The molecule has 15 heavy (non-hydrogen) atoms. The second-order valence-corrected chi connectivity index (χ2v) is 4.66. The van der Waals surface area contributed by atoms with Crippen LogP contribution in [0.3, 0.4) is 0 Å². The average molecular weight is 221 g/mol. The summed E-state index contributed by atoms with van der Waals surface area (Å²) in [6, 6.07) is 4.30. The maximum Gasteiger partial charge on any atom is 0.0948 e. The summed E-state index contributed by atoms with van der Waals surface area (Å²) in [7, 11) is 0. The van der Waals surface area contributed by atoms with Gasteiger partial charge in [-0.1, -0.05) is 6.07 Å². The maximum atomic E-state index is 5.85. The van der Waals surface area contributed by atoms with E-state index in [1.807, 2.05) is 19.4 Å². The van der Waals surface area contributed by atoms with E-state index in [0.29, 0.717) is 0 Å². The second-order valence-electron chi connectivity index (χ2n) is 3.63. The number of hydrogen-bond acceptors (Lipinski definition) is 3. The highest BCUT2D eigenvalue weighted by Crippen LogP contribution is 2.13. The van der Waals surface area contributed by atoms with Gasteiger partial charge in [0.05, 0.1) is 12.0 Å². The van der Waals surface area contributed by atoms with E-state index in [1.165, 1.54) is 4.88 Å². The van der Waals surface area contributed by atoms with E-state index in [2.05, 4.69) is 27.1 Å². The highest BCUT2D eigenvalue weighted by molar-refractivity contribution is 7.09. The summed E-state index contributed by atoms with van der Waals surface area (Å²) in [4.78, 5) is 5.53. The summed E-state index contributed by atoms with van der Waals surface area (Å²) in [6.07, 6.45) is 4.75. The molecular weight excluding hydrogens is 206 g/mol. The molecule has 2 rings (SSSR count). The second kappa shape index (κ2) is 4.59. The Morgan fingerprint density at radius 3 is 3.13 bits per heavy atom. The highest BCUT2D eigenvalue weighted by Gasteiger charge is 2.06. The molecule has 2 aromatic rings. The zero-order valence-corrected chi connectivity index (χ0v) is 9.57. The zero-order chi connectivity index (χ0) is 10.7. The van der Waals surface area contributed by atoms with Crippen molar-refractivity contribution in [1.29, 1.82) is 0 Å². The molecule has 2 heterocycles. The van der Waals surface area contributed by atoms with Crippen LogP contribution in [0.25, 0.3) is 0 Å². The van der Waals surface area contributed by atoms with Crippen molar-refractivity contribution in [2.75, 3.05) is 0 Å². The first kappa shape index (κ1) is 10.4. The lowest BCUT2D eigenvalue weighted by atomic mass is 10.2. The van der Waals surface area contributed by atoms with Gasteiger partial charge in [-0.3, -0.25) is 0 Å². The van der Waals surface area contributed by atoms with E-state index >= 15 is 0 Å². The van der Waals surface area contributed by atoms with E-state index in [4.69, 9.17) is 5.73 Å². The van der Waals surface area contributed by atoms with Gasteiger partial charge >= 0.3 is 0 Å². The lowest BCUT2D eigenvalue weighted by molar-refractivity contribution is 0.627. The van der Waals surface area contributed by atoms with Crippen LogP contribution in [-0.2, 0) is 13.0 Å². The van der Waals surface area contributed by atoms with Crippen LogP contribution in [-0.4, -0.2) is 9.55 Å². The molecule has 0 aliphatic carbocycles. The van der Waals surface area contributed by atoms with Gasteiger partial charge in [0, 0.05) is 23.7 Å². The molecule has 0 saturated heterocycles. The SMILES string of the molecule is C[C@@H](N)c1cncn1CCc1cccs1. The van der Waals surface area contributed by atoms with Crippen molar-refractivity contribution in [2.24, 2.45) is 5.73 Å². The van der Waals surface area contributed by atoms with Crippen LogP contribution in [0.15, 0.2) is 30.0 Å². The Morgan fingerprint density at radius 1 is 1.60 bits per heavy atom. The third-order valence-corrected chi connectivity index (χ3v) is 3.33. The smallest absolute Gasteiger partial charge is 0.0948 e.